The second-order valence-corrected chi connectivity index (χ2v) is 8.93. The van der Waals surface area contributed by atoms with E-state index in [1.807, 2.05) is 0 Å². The van der Waals surface area contributed by atoms with Crippen molar-refractivity contribution in [3.05, 3.63) is 41.0 Å². The Labute approximate surface area is 171 Å². The van der Waals surface area contributed by atoms with Crippen LogP contribution in [0.2, 0.25) is 0 Å². The van der Waals surface area contributed by atoms with Crippen LogP contribution >= 0.6 is 11.3 Å². The van der Waals surface area contributed by atoms with Gasteiger partial charge in [0.15, 0.2) is 0 Å². The van der Waals surface area contributed by atoms with Crippen LogP contribution in [0.25, 0.3) is 0 Å². The molecular weight excluding hydrogens is 456 g/mol. The summed E-state index contributed by atoms with van der Waals surface area (Å²) in [4.78, 5) is 23.1. The highest BCUT2D eigenvalue weighted by molar-refractivity contribution is 7.93. The second kappa shape index (κ2) is 7.85. The van der Waals surface area contributed by atoms with Gasteiger partial charge in [0.25, 0.3) is 21.8 Å². The minimum absolute atomic E-state index is 0.0134. The number of nitrogens with zero attached hydrogens (tertiary/aromatic N) is 1. The fourth-order valence-electron chi connectivity index (χ4n) is 2.19. The minimum atomic E-state index is -5.15. The van der Waals surface area contributed by atoms with E-state index in [0.29, 0.717) is 23.5 Å². The molecule has 1 heterocycles. The lowest BCUT2D eigenvalue weighted by atomic mass is 10.1. The second-order valence-electron chi connectivity index (χ2n) is 6.28. The van der Waals surface area contributed by atoms with Crippen molar-refractivity contribution in [1.82, 2.24) is 0 Å². The zero-order valence-electron chi connectivity index (χ0n) is 15.2. The average molecular weight is 470 g/mol. The largest absolute Gasteiger partial charge is 0.573 e. The van der Waals surface area contributed by atoms with Crippen molar-refractivity contribution < 1.29 is 45.4 Å². The van der Waals surface area contributed by atoms with Gasteiger partial charge in [-0.25, -0.2) is 12.8 Å². The van der Waals surface area contributed by atoms with Gasteiger partial charge in [-0.1, -0.05) is 0 Å². The van der Waals surface area contributed by atoms with Crippen LogP contribution in [0.1, 0.15) is 24.2 Å². The molecule has 0 aliphatic carbocycles. The van der Waals surface area contributed by atoms with E-state index >= 15 is 0 Å². The quantitative estimate of drug-likeness (QED) is 0.624. The van der Waals surface area contributed by atoms with Crippen LogP contribution in [-0.4, -0.2) is 37.3 Å². The number of nitrogens with two attached hydrogens (primary N) is 1. The predicted molar refractivity (Wildman–Crippen MR) is 96.9 cm³/mol. The first-order valence-electron chi connectivity index (χ1n) is 7.80. The molecule has 2 rings (SSSR count). The average Bonchev–Trinajstić information content (AvgIpc) is 3.01. The van der Waals surface area contributed by atoms with Gasteiger partial charge in [-0.05, 0) is 37.4 Å². The number of hydrogen-bond donors (Lipinski definition) is 2. The summed E-state index contributed by atoms with van der Waals surface area (Å²) in [6, 6.07) is 2.25. The summed E-state index contributed by atoms with van der Waals surface area (Å²) in [6.07, 6.45) is -5.15. The number of aliphatic hydroxyl groups is 1. The van der Waals surface area contributed by atoms with Gasteiger partial charge in [0.1, 0.15) is 27.1 Å². The van der Waals surface area contributed by atoms with Crippen LogP contribution in [0.3, 0.4) is 0 Å². The van der Waals surface area contributed by atoms with Gasteiger partial charge in [-0.15, -0.1) is 24.5 Å². The summed E-state index contributed by atoms with van der Waals surface area (Å²) in [7, 11) is -5.14. The van der Waals surface area contributed by atoms with Gasteiger partial charge in [-0.2, -0.15) is 4.31 Å². The zero-order chi connectivity index (χ0) is 23.1. The standard InChI is InChI=1S/C16H14F4N2O6S2/c1-15(2,25)14(24)22(13-9(12(21)23)5-6-29-13)30(26,27)11-4-3-8(7-10(11)17)28-16(18,19)20/h3-7,25H,1-2H3,(H2,21,23). The Morgan fingerprint density at radius 1 is 1.20 bits per heavy atom. The summed E-state index contributed by atoms with van der Waals surface area (Å²) in [5.41, 5.74) is 2.48. The number of anilines is 1. The Bertz CT molecular complexity index is 1090. The first kappa shape index (κ1) is 23.6. The highest BCUT2D eigenvalue weighted by Crippen LogP contribution is 2.36. The van der Waals surface area contributed by atoms with E-state index < -0.39 is 60.8 Å². The lowest BCUT2D eigenvalue weighted by Gasteiger charge is -2.27. The molecule has 0 aliphatic rings. The van der Waals surface area contributed by atoms with Gasteiger partial charge < -0.3 is 15.6 Å². The Balaban J connectivity index is 2.67. The summed E-state index contributed by atoms with van der Waals surface area (Å²) in [6.45, 7) is 1.90. The molecule has 0 atom stereocenters. The molecular formula is C16H14F4N2O6S2. The highest BCUT2D eigenvalue weighted by Gasteiger charge is 2.42. The molecule has 0 aliphatic heterocycles. The van der Waals surface area contributed by atoms with Gasteiger partial charge in [0.2, 0.25) is 0 Å². The summed E-state index contributed by atoms with van der Waals surface area (Å²) >= 11 is 0.587. The third-order valence-corrected chi connectivity index (χ3v) is 6.19. The first-order valence-corrected chi connectivity index (χ1v) is 10.1. The molecule has 0 radical (unpaired) electrons. The number of halogens is 4. The number of thiophene rings is 1. The van der Waals surface area contributed by atoms with Crippen molar-refractivity contribution in [2.75, 3.05) is 4.31 Å². The van der Waals surface area contributed by atoms with Crippen molar-refractivity contribution >= 4 is 38.2 Å². The van der Waals surface area contributed by atoms with Gasteiger partial charge in [-0.3, -0.25) is 9.59 Å². The minimum Gasteiger partial charge on any atom is -0.406 e. The van der Waals surface area contributed by atoms with E-state index in [1.54, 1.807) is 0 Å². The van der Waals surface area contributed by atoms with Crippen molar-refractivity contribution in [3.63, 3.8) is 0 Å². The fourth-order valence-corrected chi connectivity index (χ4v) is 4.92. The number of alkyl halides is 3. The monoisotopic (exact) mass is 470 g/mol. The zero-order valence-corrected chi connectivity index (χ0v) is 16.9. The normalized spacial score (nSPS) is 12.5. The molecule has 8 nitrogen and oxygen atoms in total. The third-order valence-electron chi connectivity index (χ3n) is 3.46. The molecule has 3 N–H and O–H groups in total. The molecule has 2 aromatic rings. The molecule has 164 valence electrons. The Morgan fingerprint density at radius 3 is 2.27 bits per heavy atom. The summed E-state index contributed by atoms with van der Waals surface area (Å²) < 4.78 is 80.9. The summed E-state index contributed by atoms with van der Waals surface area (Å²) in [5.74, 6) is -5.26. The van der Waals surface area contributed by atoms with Crippen LogP contribution in [0.5, 0.6) is 5.75 Å². The predicted octanol–water partition coefficient (Wildman–Crippen LogP) is 2.38. The fraction of sp³-hybridized carbons (Fsp3) is 0.250. The van der Waals surface area contributed by atoms with E-state index in [9.17, 15) is 40.7 Å². The van der Waals surface area contributed by atoms with Crippen LogP contribution < -0.4 is 14.8 Å². The topological polar surface area (TPSA) is 127 Å². The molecule has 14 heteroatoms. The molecule has 2 amide bonds. The number of benzene rings is 1. The smallest absolute Gasteiger partial charge is 0.406 e. The maximum atomic E-state index is 14.4. The Hall–Kier alpha value is -2.71. The van der Waals surface area contributed by atoms with Crippen LogP contribution in [-0.2, 0) is 14.8 Å². The molecule has 1 aromatic heterocycles. The van der Waals surface area contributed by atoms with Crippen molar-refractivity contribution in [2.24, 2.45) is 5.73 Å². The van der Waals surface area contributed by atoms with Crippen LogP contribution in [0.4, 0.5) is 22.6 Å². The number of rotatable bonds is 6. The molecule has 0 saturated carbocycles. The lowest BCUT2D eigenvalue weighted by Crippen LogP contribution is -2.48. The van der Waals surface area contributed by atoms with Gasteiger partial charge in [0, 0.05) is 6.07 Å². The number of carbonyl (C=O) groups excluding carboxylic acids is 2. The molecule has 1 aromatic carbocycles. The Morgan fingerprint density at radius 2 is 1.80 bits per heavy atom. The number of amides is 2. The van der Waals surface area contributed by atoms with Crippen molar-refractivity contribution in [1.29, 1.82) is 0 Å². The Kier molecular flexibility index (Phi) is 6.16. The van der Waals surface area contributed by atoms with E-state index in [4.69, 9.17) is 5.73 Å². The number of carbonyl (C=O) groups is 2. The molecule has 30 heavy (non-hydrogen) atoms. The van der Waals surface area contributed by atoms with E-state index in [1.165, 1.54) is 5.38 Å². The van der Waals surface area contributed by atoms with E-state index in [2.05, 4.69) is 4.74 Å². The maximum Gasteiger partial charge on any atom is 0.573 e. The number of hydrogen-bond acceptors (Lipinski definition) is 7. The molecule has 0 spiro atoms. The molecule has 0 saturated heterocycles. The highest BCUT2D eigenvalue weighted by atomic mass is 32.2. The van der Waals surface area contributed by atoms with Gasteiger partial charge in [0.05, 0.1) is 5.56 Å². The first-order chi connectivity index (χ1) is 13.6. The van der Waals surface area contributed by atoms with E-state index in [-0.39, 0.29) is 10.4 Å². The maximum absolute atomic E-state index is 14.4. The van der Waals surface area contributed by atoms with Crippen molar-refractivity contribution in [2.45, 2.75) is 30.7 Å². The van der Waals surface area contributed by atoms with Crippen LogP contribution in [0, 0.1) is 5.82 Å². The lowest BCUT2D eigenvalue weighted by molar-refractivity contribution is -0.274. The molecule has 0 unspecified atom stereocenters. The number of primary amides is 1. The van der Waals surface area contributed by atoms with Crippen LogP contribution in [0.15, 0.2) is 34.5 Å². The van der Waals surface area contributed by atoms with E-state index in [0.717, 1.165) is 19.9 Å². The summed E-state index contributed by atoms with van der Waals surface area (Å²) in [5, 5.41) is 10.7. The molecule has 0 fully saturated rings. The molecule has 0 bridgehead atoms. The number of ether oxygens (including phenoxy) is 1. The number of sulfonamides is 1. The van der Waals surface area contributed by atoms with Gasteiger partial charge >= 0.3 is 6.36 Å². The SMILES string of the molecule is CC(C)(O)C(=O)N(c1sccc1C(N)=O)S(=O)(=O)c1ccc(OC(F)(F)F)cc1F. The van der Waals surface area contributed by atoms with Crippen molar-refractivity contribution in [3.8, 4) is 5.75 Å². The third kappa shape index (κ3) is 4.88.